The highest BCUT2D eigenvalue weighted by Gasteiger charge is 2.29. The minimum atomic E-state index is -3.87. The van der Waals surface area contributed by atoms with Crippen molar-refractivity contribution in [3.05, 3.63) is 99.5 Å². The molecule has 172 valence electrons. The molecule has 0 aliphatic heterocycles. The molecule has 0 heterocycles. The predicted octanol–water partition coefficient (Wildman–Crippen LogP) is 5.14. The molecule has 1 aliphatic carbocycles. The third-order valence-corrected chi connectivity index (χ3v) is 8.29. The molecule has 5 nitrogen and oxygen atoms in total. The van der Waals surface area contributed by atoms with Crippen LogP contribution in [0.5, 0.6) is 0 Å². The zero-order chi connectivity index (χ0) is 23.4. The molecule has 1 unspecified atom stereocenters. The Bertz CT molecular complexity index is 1230. The summed E-state index contributed by atoms with van der Waals surface area (Å²) in [7, 11) is -3.87. The van der Waals surface area contributed by atoms with Crippen molar-refractivity contribution in [2.45, 2.75) is 43.7 Å². The molecule has 0 radical (unpaired) electrons. The topological polar surface area (TPSA) is 66.5 Å². The van der Waals surface area contributed by atoms with Crippen LogP contribution in [-0.4, -0.2) is 25.2 Å². The molecule has 4 rings (SSSR count). The van der Waals surface area contributed by atoms with E-state index in [0.717, 1.165) is 40.4 Å². The third-order valence-electron chi connectivity index (χ3n) is 5.96. The van der Waals surface area contributed by atoms with Crippen LogP contribution in [0.2, 0.25) is 0 Å². The number of nitrogens with zero attached hydrogens (tertiary/aromatic N) is 1. The number of hydrogen-bond donors (Lipinski definition) is 1. The van der Waals surface area contributed by atoms with E-state index in [1.54, 1.807) is 24.3 Å². The lowest BCUT2D eigenvalue weighted by Crippen LogP contribution is -2.42. The number of sulfonamides is 1. The van der Waals surface area contributed by atoms with E-state index in [0.29, 0.717) is 0 Å². The summed E-state index contributed by atoms with van der Waals surface area (Å²) in [6, 6.07) is 22.2. The van der Waals surface area contributed by atoms with Crippen LogP contribution in [0.1, 0.15) is 41.1 Å². The van der Waals surface area contributed by atoms with Crippen molar-refractivity contribution in [1.29, 1.82) is 0 Å². The number of aryl methyl sites for hydroxylation is 2. The Hall–Kier alpha value is -2.48. The fourth-order valence-electron chi connectivity index (χ4n) is 4.18. The zero-order valence-electron chi connectivity index (χ0n) is 18.5. The number of amides is 1. The summed E-state index contributed by atoms with van der Waals surface area (Å²) in [6.07, 6.45) is 2.84. The van der Waals surface area contributed by atoms with Gasteiger partial charge in [-0.2, -0.15) is 4.31 Å². The first-order chi connectivity index (χ1) is 15.8. The highest BCUT2D eigenvalue weighted by Crippen LogP contribution is 2.29. The van der Waals surface area contributed by atoms with Crippen LogP contribution in [0.25, 0.3) is 0 Å². The summed E-state index contributed by atoms with van der Waals surface area (Å²) in [5, 5.41) is 3.08. The van der Waals surface area contributed by atoms with E-state index in [1.165, 1.54) is 9.87 Å². The minimum absolute atomic E-state index is 0.0981. The minimum Gasteiger partial charge on any atom is -0.348 e. The van der Waals surface area contributed by atoms with Crippen molar-refractivity contribution < 1.29 is 13.2 Å². The lowest BCUT2D eigenvalue weighted by Gasteiger charge is -2.28. The molecular weight excluding hydrogens is 500 g/mol. The van der Waals surface area contributed by atoms with E-state index < -0.39 is 10.0 Å². The van der Waals surface area contributed by atoms with Crippen LogP contribution in [0.15, 0.2) is 82.2 Å². The fourth-order valence-corrected chi connectivity index (χ4v) is 5.83. The fraction of sp³-hybridized carbons (Fsp3) is 0.269. The van der Waals surface area contributed by atoms with Crippen molar-refractivity contribution >= 4 is 31.9 Å². The first-order valence-electron chi connectivity index (χ1n) is 11.0. The maximum Gasteiger partial charge on any atom is 0.243 e. The van der Waals surface area contributed by atoms with Gasteiger partial charge in [0, 0.05) is 11.0 Å². The molecule has 33 heavy (non-hydrogen) atoms. The molecule has 0 fully saturated rings. The first kappa shape index (κ1) is 23.7. The van der Waals surface area contributed by atoms with Crippen LogP contribution in [0, 0.1) is 6.92 Å². The molecule has 0 aromatic heterocycles. The van der Waals surface area contributed by atoms with Crippen molar-refractivity contribution in [2.75, 3.05) is 6.54 Å². The summed E-state index contributed by atoms with van der Waals surface area (Å²) in [6.45, 7) is 1.86. The third kappa shape index (κ3) is 5.72. The van der Waals surface area contributed by atoms with Gasteiger partial charge in [-0.1, -0.05) is 70.0 Å². The number of carbonyl (C=O) groups excluding carboxylic acids is 1. The average molecular weight is 527 g/mol. The van der Waals surface area contributed by atoms with Crippen LogP contribution in [0.4, 0.5) is 0 Å². The van der Waals surface area contributed by atoms with E-state index in [9.17, 15) is 13.2 Å². The second-order valence-corrected chi connectivity index (χ2v) is 11.3. The molecule has 1 aliphatic rings. The van der Waals surface area contributed by atoms with Gasteiger partial charge >= 0.3 is 0 Å². The molecule has 0 saturated carbocycles. The smallest absolute Gasteiger partial charge is 0.243 e. The van der Waals surface area contributed by atoms with Crippen molar-refractivity contribution in [1.82, 2.24) is 9.62 Å². The number of benzene rings is 3. The Morgan fingerprint density at radius 1 is 1.03 bits per heavy atom. The highest BCUT2D eigenvalue weighted by molar-refractivity contribution is 9.10. The van der Waals surface area contributed by atoms with Gasteiger partial charge in [-0.15, -0.1) is 0 Å². The van der Waals surface area contributed by atoms with Gasteiger partial charge < -0.3 is 5.32 Å². The van der Waals surface area contributed by atoms with Gasteiger partial charge in [-0.3, -0.25) is 4.79 Å². The molecule has 7 heteroatoms. The van der Waals surface area contributed by atoms with Gasteiger partial charge in [0.15, 0.2) is 0 Å². The Morgan fingerprint density at radius 3 is 2.45 bits per heavy atom. The molecule has 1 N–H and O–H groups in total. The number of hydrogen-bond acceptors (Lipinski definition) is 3. The second kappa shape index (κ2) is 10.2. The summed E-state index contributed by atoms with van der Waals surface area (Å²) < 4.78 is 29.0. The van der Waals surface area contributed by atoms with Gasteiger partial charge in [-0.25, -0.2) is 8.42 Å². The van der Waals surface area contributed by atoms with Gasteiger partial charge in [0.25, 0.3) is 0 Å². The van der Waals surface area contributed by atoms with E-state index in [1.807, 2.05) is 49.4 Å². The second-order valence-electron chi connectivity index (χ2n) is 8.42. The van der Waals surface area contributed by atoms with E-state index in [-0.39, 0.29) is 29.9 Å². The summed E-state index contributed by atoms with van der Waals surface area (Å²) >= 11 is 3.35. The summed E-state index contributed by atoms with van der Waals surface area (Å²) in [5.74, 6) is -0.301. The Labute approximate surface area is 204 Å². The van der Waals surface area contributed by atoms with Crippen molar-refractivity contribution in [3.8, 4) is 0 Å². The number of rotatable bonds is 7. The first-order valence-corrected chi connectivity index (χ1v) is 13.2. The quantitative estimate of drug-likeness (QED) is 0.463. The number of nitrogens with one attached hydrogen (secondary N) is 1. The molecule has 1 atom stereocenters. The average Bonchev–Trinajstić information content (AvgIpc) is 2.80. The molecule has 0 bridgehead atoms. The van der Waals surface area contributed by atoms with Gasteiger partial charge in [0.1, 0.15) is 0 Å². The molecular formula is C26H27BrN2O3S. The lowest BCUT2D eigenvalue weighted by molar-refractivity contribution is -0.122. The maximum absolute atomic E-state index is 13.5. The lowest BCUT2D eigenvalue weighted by atomic mass is 9.88. The zero-order valence-corrected chi connectivity index (χ0v) is 20.9. The van der Waals surface area contributed by atoms with Crippen LogP contribution < -0.4 is 5.32 Å². The molecule has 3 aromatic carbocycles. The SMILES string of the molecule is Cc1ccc(CN(CC(=O)NC2CCCc3ccccc32)S(=O)(=O)c2ccc(Br)cc2)cc1. The highest BCUT2D eigenvalue weighted by atomic mass is 79.9. The van der Waals surface area contributed by atoms with E-state index >= 15 is 0 Å². The largest absolute Gasteiger partial charge is 0.348 e. The predicted molar refractivity (Wildman–Crippen MR) is 133 cm³/mol. The normalized spacial score (nSPS) is 15.8. The van der Waals surface area contributed by atoms with Crippen LogP contribution in [0.3, 0.4) is 0 Å². The van der Waals surface area contributed by atoms with Gasteiger partial charge in [-0.05, 0) is 67.1 Å². The summed E-state index contributed by atoms with van der Waals surface area (Å²) in [4.78, 5) is 13.2. The van der Waals surface area contributed by atoms with Crippen LogP contribution in [-0.2, 0) is 27.8 Å². The van der Waals surface area contributed by atoms with Gasteiger partial charge in [0.05, 0.1) is 17.5 Å². The number of fused-ring (bicyclic) bond motifs is 1. The Kier molecular flexibility index (Phi) is 7.32. The molecule has 3 aromatic rings. The van der Waals surface area contributed by atoms with Crippen molar-refractivity contribution in [2.24, 2.45) is 0 Å². The van der Waals surface area contributed by atoms with Crippen molar-refractivity contribution in [3.63, 3.8) is 0 Å². The Morgan fingerprint density at radius 2 is 1.73 bits per heavy atom. The molecule has 0 saturated heterocycles. The molecule has 0 spiro atoms. The monoisotopic (exact) mass is 526 g/mol. The number of halogens is 1. The van der Waals surface area contributed by atoms with E-state index in [2.05, 4.69) is 27.3 Å². The van der Waals surface area contributed by atoms with E-state index in [4.69, 9.17) is 0 Å². The Balaban J connectivity index is 1.57. The molecule has 1 amide bonds. The summed E-state index contributed by atoms with van der Waals surface area (Å²) in [5.41, 5.74) is 4.29. The maximum atomic E-state index is 13.5. The van der Waals surface area contributed by atoms with Gasteiger partial charge in [0.2, 0.25) is 15.9 Å². The van der Waals surface area contributed by atoms with Crippen LogP contribution >= 0.6 is 15.9 Å². The number of carbonyl (C=O) groups is 1. The standard InChI is InChI=1S/C26H27BrN2O3S/c1-19-9-11-20(12-10-19)17-29(33(31,32)23-15-13-22(27)14-16-23)18-26(30)28-25-8-4-6-21-5-2-3-7-24(21)25/h2-3,5,7,9-16,25H,4,6,8,17-18H2,1H3,(H,28,30).